The van der Waals surface area contributed by atoms with E-state index in [2.05, 4.69) is 10.1 Å². The number of methoxy groups -OCH3 is 1. The summed E-state index contributed by atoms with van der Waals surface area (Å²) in [6.07, 6.45) is -0.702. The zero-order chi connectivity index (χ0) is 11.4. The summed E-state index contributed by atoms with van der Waals surface area (Å²) in [4.78, 5) is 20.7. The molecule has 0 bridgehead atoms. The van der Waals surface area contributed by atoms with E-state index in [9.17, 15) is 14.9 Å². The second-order valence-electron chi connectivity index (χ2n) is 2.54. The molecule has 0 saturated carbocycles. The van der Waals surface area contributed by atoms with E-state index in [1.165, 1.54) is 19.2 Å². The molecule has 1 rings (SSSR count). The molecule has 0 radical (unpaired) electrons. The van der Waals surface area contributed by atoms with Crippen LogP contribution in [0, 0.1) is 10.1 Å². The van der Waals surface area contributed by atoms with E-state index in [1.807, 2.05) is 0 Å². The fraction of sp³-hybridized carbons (Fsp3) is 0.125. The number of rotatable bonds is 2. The van der Waals surface area contributed by atoms with Crippen LogP contribution in [0.5, 0.6) is 0 Å². The highest BCUT2D eigenvalue weighted by molar-refractivity contribution is 6.32. The van der Waals surface area contributed by atoms with Gasteiger partial charge in [-0.05, 0) is 12.1 Å². The number of amides is 1. The first-order chi connectivity index (χ1) is 7.04. The lowest BCUT2D eigenvalue weighted by Crippen LogP contribution is -2.10. The lowest BCUT2D eigenvalue weighted by Gasteiger charge is -2.03. The number of nitro groups is 1. The highest BCUT2D eigenvalue weighted by atomic mass is 35.5. The van der Waals surface area contributed by atoms with Gasteiger partial charge in [0.2, 0.25) is 0 Å². The molecule has 7 heteroatoms. The van der Waals surface area contributed by atoms with Crippen molar-refractivity contribution in [2.75, 3.05) is 12.4 Å². The van der Waals surface area contributed by atoms with Crippen molar-refractivity contribution in [2.24, 2.45) is 0 Å². The minimum Gasteiger partial charge on any atom is -0.453 e. The van der Waals surface area contributed by atoms with Gasteiger partial charge in [-0.1, -0.05) is 11.6 Å². The molecule has 1 aromatic carbocycles. The highest BCUT2D eigenvalue weighted by Gasteiger charge is 2.13. The fourth-order valence-corrected chi connectivity index (χ4v) is 1.09. The molecular weight excluding hydrogens is 224 g/mol. The van der Waals surface area contributed by atoms with E-state index in [-0.39, 0.29) is 16.4 Å². The monoisotopic (exact) mass is 230 g/mol. The summed E-state index contributed by atoms with van der Waals surface area (Å²) >= 11 is 5.58. The fourth-order valence-electron chi connectivity index (χ4n) is 0.899. The van der Waals surface area contributed by atoms with E-state index in [0.29, 0.717) is 0 Å². The highest BCUT2D eigenvalue weighted by Crippen LogP contribution is 2.27. The predicted octanol–water partition coefficient (Wildman–Crippen LogP) is 2.43. The molecule has 0 aromatic heterocycles. The third-order valence-electron chi connectivity index (χ3n) is 1.57. The van der Waals surface area contributed by atoms with Crippen LogP contribution in [0.15, 0.2) is 18.2 Å². The van der Waals surface area contributed by atoms with Crippen LogP contribution in [0.25, 0.3) is 0 Å². The number of carbonyl (C=O) groups is 1. The van der Waals surface area contributed by atoms with Gasteiger partial charge in [0, 0.05) is 6.07 Å². The molecule has 0 saturated heterocycles. The Labute approximate surface area is 89.9 Å². The Morgan fingerprint density at radius 3 is 2.80 bits per heavy atom. The van der Waals surface area contributed by atoms with E-state index in [0.717, 1.165) is 6.07 Å². The molecule has 0 spiro atoms. The molecule has 1 N–H and O–H groups in total. The molecular formula is C8H7ClN2O4. The number of hydrogen-bond donors (Lipinski definition) is 1. The van der Waals surface area contributed by atoms with Crippen LogP contribution in [0.4, 0.5) is 16.2 Å². The first kappa shape index (κ1) is 11.3. The van der Waals surface area contributed by atoms with E-state index in [4.69, 9.17) is 11.6 Å². The van der Waals surface area contributed by atoms with Crippen LogP contribution in [0.2, 0.25) is 5.02 Å². The van der Waals surface area contributed by atoms with E-state index < -0.39 is 11.0 Å². The van der Waals surface area contributed by atoms with Crippen molar-refractivity contribution in [3.63, 3.8) is 0 Å². The number of nitrogens with zero attached hydrogens (tertiary/aromatic N) is 1. The lowest BCUT2D eigenvalue weighted by molar-refractivity contribution is -0.384. The first-order valence-electron chi connectivity index (χ1n) is 3.83. The molecule has 0 unspecified atom stereocenters. The molecule has 0 atom stereocenters. The van der Waals surface area contributed by atoms with Crippen molar-refractivity contribution in [1.29, 1.82) is 0 Å². The Morgan fingerprint density at radius 1 is 1.60 bits per heavy atom. The maximum atomic E-state index is 10.8. The second kappa shape index (κ2) is 4.61. The molecule has 1 amide bonds. The summed E-state index contributed by atoms with van der Waals surface area (Å²) in [5.74, 6) is 0. The molecule has 0 aliphatic heterocycles. The maximum absolute atomic E-state index is 10.8. The first-order valence-corrected chi connectivity index (χ1v) is 4.21. The Balaban J connectivity index is 2.97. The smallest absolute Gasteiger partial charge is 0.411 e. The summed E-state index contributed by atoms with van der Waals surface area (Å²) in [6, 6.07) is 3.91. The summed E-state index contributed by atoms with van der Waals surface area (Å²) < 4.78 is 4.33. The number of nitrogens with one attached hydrogen (secondary N) is 1. The summed E-state index contributed by atoms with van der Waals surface area (Å²) in [5.41, 5.74) is -0.0245. The van der Waals surface area contributed by atoms with Crippen LogP contribution in [0.1, 0.15) is 0 Å². The minimum absolute atomic E-state index is 0.00964. The number of anilines is 1. The summed E-state index contributed by atoms with van der Waals surface area (Å²) in [5, 5.41) is 12.8. The average Bonchev–Trinajstić information content (AvgIpc) is 2.20. The van der Waals surface area contributed by atoms with Crippen molar-refractivity contribution in [3.8, 4) is 0 Å². The number of nitro benzene ring substituents is 1. The number of benzene rings is 1. The Hall–Kier alpha value is -1.82. The van der Waals surface area contributed by atoms with Gasteiger partial charge in [0.15, 0.2) is 0 Å². The van der Waals surface area contributed by atoms with Crippen LogP contribution in [-0.2, 0) is 4.74 Å². The SMILES string of the molecule is COC(=O)Nc1ccc(Cl)c([N+](=O)[O-])c1. The van der Waals surface area contributed by atoms with Crippen LogP contribution in [-0.4, -0.2) is 18.1 Å². The third-order valence-corrected chi connectivity index (χ3v) is 1.89. The number of hydrogen-bond acceptors (Lipinski definition) is 4. The number of ether oxygens (including phenoxy) is 1. The Bertz CT molecular complexity index is 408. The van der Waals surface area contributed by atoms with Crippen molar-refractivity contribution in [3.05, 3.63) is 33.3 Å². The van der Waals surface area contributed by atoms with Gasteiger partial charge < -0.3 is 4.74 Å². The van der Waals surface area contributed by atoms with Crippen LogP contribution in [0.3, 0.4) is 0 Å². The largest absolute Gasteiger partial charge is 0.453 e. The normalized spacial score (nSPS) is 9.47. The zero-order valence-corrected chi connectivity index (χ0v) is 8.45. The maximum Gasteiger partial charge on any atom is 0.411 e. The number of halogens is 1. The van der Waals surface area contributed by atoms with Crippen molar-refractivity contribution < 1.29 is 14.5 Å². The molecule has 6 nitrogen and oxygen atoms in total. The molecule has 0 aliphatic carbocycles. The molecule has 0 heterocycles. The third kappa shape index (κ3) is 2.81. The van der Waals surface area contributed by atoms with Gasteiger partial charge in [0.1, 0.15) is 5.02 Å². The second-order valence-corrected chi connectivity index (χ2v) is 2.95. The Morgan fingerprint density at radius 2 is 2.27 bits per heavy atom. The molecule has 15 heavy (non-hydrogen) atoms. The minimum atomic E-state index is -0.702. The quantitative estimate of drug-likeness (QED) is 0.625. The molecule has 0 fully saturated rings. The number of carbonyl (C=O) groups excluding carboxylic acids is 1. The zero-order valence-electron chi connectivity index (χ0n) is 7.69. The average molecular weight is 231 g/mol. The van der Waals surface area contributed by atoms with Gasteiger partial charge in [0.25, 0.3) is 5.69 Å². The lowest BCUT2D eigenvalue weighted by atomic mass is 10.3. The van der Waals surface area contributed by atoms with Gasteiger partial charge in [0.05, 0.1) is 17.7 Å². The van der Waals surface area contributed by atoms with Gasteiger partial charge >= 0.3 is 6.09 Å². The molecule has 1 aromatic rings. The van der Waals surface area contributed by atoms with Crippen molar-refractivity contribution >= 4 is 29.1 Å². The van der Waals surface area contributed by atoms with Crippen molar-refractivity contribution in [2.45, 2.75) is 0 Å². The van der Waals surface area contributed by atoms with Crippen LogP contribution >= 0.6 is 11.6 Å². The predicted molar refractivity (Wildman–Crippen MR) is 54.1 cm³/mol. The van der Waals surface area contributed by atoms with Gasteiger partial charge in [-0.25, -0.2) is 4.79 Å². The van der Waals surface area contributed by atoms with Crippen molar-refractivity contribution in [1.82, 2.24) is 0 Å². The molecule has 80 valence electrons. The van der Waals surface area contributed by atoms with E-state index in [1.54, 1.807) is 0 Å². The Kier molecular flexibility index (Phi) is 3.46. The topological polar surface area (TPSA) is 81.5 Å². The van der Waals surface area contributed by atoms with Gasteiger partial charge in [-0.3, -0.25) is 15.4 Å². The standard InChI is InChI=1S/C8H7ClN2O4/c1-15-8(12)10-5-2-3-6(9)7(4-5)11(13)14/h2-4H,1H3,(H,10,12). The van der Waals surface area contributed by atoms with Gasteiger partial charge in [-0.15, -0.1) is 0 Å². The summed E-state index contributed by atoms with van der Waals surface area (Å²) in [6.45, 7) is 0. The van der Waals surface area contributed by atoms with Crippen LogP contribution < -0.4 is 5.32 Å². The van der Waals surface area contributed by atoms with Gasteiger partial charge in [-0.2, -0.15) is 0 Å². The van der Waals surface area contributed by atoms with E-state index >= 15 is 0 Å². The molecule has 0 aliphatic rings. The summed E-state index contributed by atoms with van der Waals surface area (Å²) in [7, 11) is 1.19.